The highest BCUT2D eigenvalue weighted by Crippen LogP contribution is 2.32. The topological polar surface area (TPSA) is 94.2 Å². The zero-order valence-corrected chi connectivity index (χ0v) is 16.6. The number of morpholine rings is 1. The molecule has 0 aromatic heterocycles. The summed E-state index contributed by atoms with van der Waals surface area (Å²) < 4.78 is 42.8. The third kappa shape index (κ3) is 4.36. The summed E-state index contributed by atoms with van der Waals surface area (Å²) in [5, 5.41) is 2.83. The first-order valence-corrected chi connectivity index (χ1v) is 10.8. The van der Waals surface area contributed by atoms with Gasteiger partial charge in [0.05, 0.1) is 18.1 Å². The van der Waals surface area contributed by atoms with Gasteiger partial charge in [-0.05, 0) is 42.3 Å². The molecule has 0 radical (unpaired) electrons. The summed E-state index contributed by atoms with van der Waals surface area (Å²) in [5.74, 6) is 1.11. The van der Waals surface area contributed by atoms with Crippen LogP contribution in [0, 0.1) is 0 Å². The molecule has 0 spiro atoms. The van der Waals surface area contributed by atoms with Gasteiger partial charge in [-0.2, -0.15) is 4.31 Å². The second-order valence-electron chi connectivity index (χ2n) is 6.74. The van der Waals surface area contributed by atoms with Crippen LogP contribution in [0.1, 0.15) is 15.9 Å². The minimum Gasteiger partial charge on any atom is -0.454 e. The smallest absolute Gasteiger partial charge is 0.251 e. The van der Waals surface area contributed by atoms with E-state index < -0.39 is 10.0 Å². The van der Waals surface area contributed by atoms with Crippen molar-refractivity contribution in [1.29, 1.82) is 0 Å². The predicted molar refractivity (Wildman–Crippen MR) is 105 cm³/mol. The van der Waals surface area contributed by atoms with Crippen LogP contribution in [0.4, 0.5) is 0 Å². The van der Waals surface area contributed by atoms with Crippen LogP contribution in [0.3, 0.4) is 0 Å². The van der Waals surface area contributed by atoms with Gasteiger partial charge < -0.3 is 19.5 Å². The van der Waals surface area contributed by atoms with E-state index in [0.29, 0.717) is 50.6 Å². The minimum absolute atomic E-state index is 0.114. The van der Waals surface area contributed by atoms with Crippen molar-refractivity contribution >= 4 is 15.9 Å². The normalized spacial score (nSPS) is 16.6. The molecule has 2 aliphatic rings. The van der Waals surface area contributed by atoms with Crippen molar-refractivity contribution in [3.05, 3.63) is 53.6 Å². The Morgan fingerprint density at radius 2 is 1.83 bits per heavy atom. The Kier molecular flexibility index (Phi) is 5.70. The number of hydrogen-bond acceptors (Lipinski definition) is 6. The molecule has 8 nitrogen and oxygen atoms in total. The fourth-order valence-electron chi connectivity index (χ4n) is 3.25. The van der Waals surface area contributed by atoms with Crippen LogP contribution in [-0.4, -0.2) is 58.3 Å². The lowest BCUT2D eigenvalue weighted by Gasteiger charge is -2.26. The fraction of sp³-hybridized carbons (Fsp3) is 0.350. The molecule has 2 aromatic rings. The molecule has 1 amide bonds. The number of nitrogens with zero attached hydrogens (tertiary/aromatic N) is 1. The van der Waals surface area contributed by atoms with Gasteiger partial charge in [-0.25, -0.2) is 8.42 Å². The number of benzene rings is 2. The van der Waals surface area contributed by atoms with Gasteiger partial charge in [0.25, 0.3) is 5.91 Å². The second-order valence-corrected chi connectivity index (χ2v) is 8.68. The highest BCUT2D eigenvalue weighted by Gasteiger charge is 2.26. The molecule has 1 fully saturated rings. The van der Waals surface area contributed by atoms with Crippen LogP contribution in [-0.2, 0) is 21.2 Å². The van der Waals surface area contributed by atoms with Gasteiger partial charge in [-0.3, -0.25) is 4.79 Å². The molecule has 1 saturated heterocycles. The average Bonchev–Trinajstić information content (AvgIpc) is 3.22. The summed E-state index contributed by atoms with van der Waals surface area (Å²) in [6.07, 6.45) is 0.619. The minimum atomic E-state index is -3.64. The summed E-state index contributed by atoms with van der Waals surface area (Å²) in [6, 6.07) is 11.8. The van der Waals surface area contributed by atoms with E-state index in [4.69, 9.17) is 14.2 Å². The molecule has 154 valence electrons. The largest absolute Gasteiger partial charge is 0.454 e. The highest BCUT2D eigenvalue weighted by atomic mass is 32.2. The molecule has 9 heteroatoms. The Labute approximate surface area is 169 Å². The quantitative estimate of drug-likeness (QED) is 0.762. The molecular weight excluding hydrogens is 396 g/mol. The Bertz CT molecular complexity index is 1000. The van der Waals surface area contributed by atoms with Crippen LogP contribution in [0.15, 0.2) is 47.4 Å². The van der Waals surface area contributed by atoms with Crippen LogP contribution < -0.4 is 14.8 Å². The van der Waals surface area contributed by atoms with Gasteiger partial charge in [0, 0.05) is 25.2 Å². The number of carbonyl (C=O) groups is 1. The molecule has 0 unspecified atom stereocenters. The van der Waals surface area contributed by atoms with Gasteiger partial charge in [0.2, 0.25) is 16.8 Å². The van der Waals surface area contributed by atoms with E-state index in [9.17, 15) is 13.2 Å². The molecule has 2 aromatic carbocycles. The third-order valence-electron chi connectivity index (χ3n) is 4.84. The molecule has 1 N–H and O–H groups in total. The Balaban J connectivity index is 1.38. The van der Waals surface area contributed by atoms with Gasteiger partial charge >= 0.3 is 0 Å². The number of carbonyl (C=O) groups excluding carboxylic acids is 1. The molecule has 0 aliphatic carbocycles. The van der Waals surface area contributed by atoms with Gasteiger partial charge in [0.1, 0.15) is 0 Å². The molecule has 0 saturated carbocycles. The summed E-state index contributed by atoms with van der Waals surface area (Å²) >= 11 is 0. The monoisotopic (exact) mass is 418 g/mol. The van der Waals surface area contributed by atoms with E-state index in [-0.39, 0.29) is 17.6 Å². The van der Waals surface area contributed by atoms with Crippen molar-refractivity contribution in [3.63, 3.8) is 0 Å². The second kappa shape index (κ2) is 8.40. The van der Waals surface area contributed by atoms with Crippen molar-refractivity contribution in [3.8, 4) is 11.5 Å². The van der Waals surface area contributed by atoms with Crippen LogP contribution in [0.2, 0.25) is 0 Å². The first-order chi connectivity index (χ1) is 14.0. The maximum Gasteiger partial charge on any atom is 0.251 e. The maximum absolute atomic E-state index is 12.8. The van der Waals surface area contributed by atoms with Crippen molar-refractivity contribution in [2.75, 3.05) is 39.6 Å². The molecule has 2 heterocycles. The lowest BCUT2D eigenvalue weighted by atomic mass is 10.1. The molecule has 29 heavy (non-hydrogen) atoms. The van der Waals surface area contributed by atoms with Crippen molar-refractivity contribution in [2.45, 2.75) is 11.3 Å². The first kappa shape index (κ1) is 19.7. The summed E-state index contributed by atoms with van der Waals surface area (Å²) in [6.45, 7) is 2.01. The number of rotatable bonds is 6. The number of nitrogens with one attached hydrogen (secondary N) is 1. The number of amides is 1. The van der Waals surface area contributed by atoms with E-state index in [1.54, 1.807) is 12.1 Å². The van der Waals surface area contributed by atoms with E-state index in [1.165, 1.54) is 16.4 Å². The maximum atomic E-state index is 12.8. The Morgan fingerprint density at radius 1 is 1.03 bits per heavy atom. The summed E-state index contributed by atoms with van der Waals surface area (Å²) in [7, 11) is -3.64. The van der Waals surface area contributed by atoms with Crippen LogP contribution in [0.25, 0.3) is 0 Å². The number of hydrogen-bond donors (Lipinski definition) is 1. The first-order valence-electron chi connectivity index (χ1n) is 9.39. The summed E-state index contributed by atoms with van der Waals surface area (Å²) in [4.78, 5) is 12.6. The Hall–Kier alpha value is -2.62. The van der Waals surface area contributed by atoms with Gasteiger partial charge in [-0.15, -0.1) is 0 Å². The van der Waals surface area contributed by atoms with Gasteiger partial charge in [-0.1, -0.05) is 12.1 Å². The zero-order valence-electron chi connectivity index (χ0n) is 15.8. The van der Waals surface area contributed by atoms with E-state index >= 15 is 0 Å². The lowest BCUT2D eigenvalue weighted by Crippen LogP contribution is -2.40. The SMILES string of the molecule is O=C(NCCc1ccc2c(c1)OCO2)c1cccc(S(=O)(=O)N2CCOCC2)c1. The zero-order chi connectivity index (χ0) is 20.3. The van der Waals surface area contributed by atoms with Gasteiger partial charge in [0.15, 0.2) is 11.5 Å². The molecule has 0 bridgehead atoms. The fourth-order valence-corrected chi connectivity index (χ4v) is 4.71. The lowest BCUT2D eigenvalue weighted by molar-refractivity contribution is 0.0730. The number of fused-ring (bicyclic) bond motifs is 1. The van der Waals surface area contributed by atoms with E-state index in [1.807, 2.05) is 18.2 Å². The third-order valence-corrected chi connectivity index (χ3v) is 6.73. The number of ether oxygens (including phenoxy) is 3. The molecular formula is C20H22N2O6S. The Morgan fingerprint density at radius 3 is 2.66 bits per heavy atom. The predicted octanol–water partition coefficient (Wildman–Crippen LogP) is 1.41. The number of sulfonamides is 1. The average molecular weight is 418 g/mol. The molecule has 0 atom stereocenters. The van der Waals surface area contributed by atoms with Crippen molar-refractivity contribution in [1.82, 2.24) is 9.62 Å². The van der Waals surface area contributed by atoms with E-state index in [0.717, 1.165) is 11.3 Å². The molecule has 2 aliphatic heterocycles. The molecule has 4 rings (SSSR count). The van der Waals surface area contributed by atoms with E-state index in [2.05, 4.69) is 5.32 Å². The van der Waals surface area contributed by atoms with Crippen LogP contribution in [0.5, 0.6) is 11.5 Å². The van der Waals surface area contributed by atoms with Crippen LogP contribution >= 0.6 is 0 Å². The highest BCUT2D eigenvalue weighted by molar-refractivity contribution is 7.89. The standard InChI is InChI=1S/C20H22N2O6S/c23-20(21-7-6-15-4-5-18-19(12-15)28-14-27-18)16-2-1-3-17(13-16)29(24,25)22-8-10-26-11-9-22/h1-5,12-13H,6-11,14H2,(H,21,23). The van der Waals surface area contributed by atoms with Crippen molar-refractivity contribution in [2.24, 2.45) is 0 Å². The van der Waals surface area contributed by atoms with Crippen molar-refractivity contribution < 1.29 is 27.4 Å². The summed E-state index contributed by atoms with van der Waals surface area (Å²) in [5.41, 5.74) is 1.32.